The highest BCUT2D eigenvalue weighted by Gasteiger charge is 2.25. The van der Waals surface area contributed by atoms with Crippen molar-refractivity contribution < 1.29 is 28.4 Å². The highest BCUT2D eigenvalue weighted by atomic mass is 32.1. The molecule has 112 valence electrons. The van der Waals surface area contributed by atoms with Crippen LogP contribution in [0.2, 0.25) is 0 Å². The molecule has 1 aromatic heterocycles. The van der Waals surface area contributed by atoms with Crippen molar-refractivity contribution in [3.8, 4) is 0 Å². The van der Waals surface area contributed by atoms with E-state index < -0.39 is 19.4 Å². The van der Waals surface area contributed by atoms with Gasteiger partial charge in [-0.3, -0.25) is 14.1 Å². The Hall–Kier alpha value is -1.55. The molecule has 0 spiro atoms. The van der Waals surface area contributed by atoms with E-state index in [1.165, 1.54) is 14.2 Å². The lowest BCUT2D eigenvalue weighted by atomic mass is 10.4. The van der Waals surface area contributed by atoms with Crippen molar-refractivity contribution in [1.82, 2.24) is 9.36 Å². The lowest BCUT2D eigenvalue weighted by molar-refractivity contribution is -0.129. The lowest BCUT2D eigenvalue weighted by Gasteiger charge is -2.12. The van der Waals surface area contributed by atoms with Gasteiger partial charge in [-0.25, -0.2) is 9.36 Å². The van der Waals surface area contributed by atoms with Crippen LogP contribution in [0.25, 0.3) is 0 Å². The summed E-state index contributed by atoms with van der Waals surface area (Å²) in [5, 5.41) is 14.8. The van der Waals surface area contributed by atoms with Crippen LogP contribution in [0.15, 0.2) is 5.16 Å². The van der Waals surface area contributed by atoms with E-state index in [1.54, 1.807) is 6.92 Å². The van der Waals surface area contributed by atoms with Crippen LogP contribution < -0.4 is 5.09 Å². The van der Waals surface area contributed by atoms with Crippen molar-refractivity contribution in [3.05, 3.63) is 5.82 Å². The average molecular weight is 324 g/mol. The molecule has 1 heterocycles. The fourth-order valence-corrected chi connectivity index (χ4v) is 2.49. The fraction of sp³-hybridized carbons (Fsp3) is 0.500. The number of nitrogens with zero attached hydrogens (tertiary/aromatic N) is 3. The molecule has 0 aliphatic carbocycles. The Morgan fingerprint density at radius 2 is 2.15 bits per heavy atom. The second-order valence-corrected chi connectivity index (χ2v) is 5.76. The molecule has 20 heavy (non-hydrogen) atoms. The Kier molecular flexibility index (Phi) is 6.02. The Morgan fingerprint density at radius 3 is 2.65 bits per heavy atom. The summed E-state index contributed by atoms with van der Waals surface area (Å²) in [6, 6.07) is 0. The highest BCUT2D eigenvalue weighted by Crippen LogP contribution is 2.46. The number of hydrogen-bond donors (Lipinski definition) is 2. The maximum Gasteiger partial charge on any atom is 0.434 e. The smallest absolute Gasteiger partial charge is 0.434 e. The van der Waals surface area contributed by atoms with Crippen LogP contribution in [-0.2, 0) is 23.2 Å². The van der Waals surface area contributed by atoms with Crippen molar-refractivity contribution in [3.63, 3.8) is 0 Å². The zero-order valence-corrected chi connectivity index (χ0v) is 12.6. The van der Waals surface area contributed by atoms with Gasteiger partial charge in [0.1, 0.15) is 6.61 Å². The summed E-state index contributed by atoms with van der Waals surface area (Å²) in [6.45, 7) is 1.85. The lowest BCUT2D eigenvalue weighted by Crippen LogP contribution is -2.16. The first-order chi connectivity index (χ1) is 9.45. The van der Waals surface area contributed by atoms with Crippen LogP contribution in [0.3, 0.4) is 0 Å². The van der Waals surface area contributed by atoms with Crippen LogP contribution in [0, 0.1) is 0 Å². The number of rotatable bonds is 8. The molecule has 2 N–H and O–H groups in total. The van der Waals surface area contributed by atoms with Crippen molar-refractivity contribution in [2.45, 2.75) is 6.92 Å². The zero-order valence-electron chi connectivity index (χ0n) is 10.9. The standard InChI is InChI=1S/C8H13N4O6PS/c1-4-18-10-5(7(13)14)6-9-8(20-12-6)11-19(15,16-2)17-3/h4H2,1-3H3,(H,13,14)(H,9,11,12,15). The summed E-state index contributed by atoms with van der Waals surface area (Å²) in [5.41, 5.74) is -0.458. The summed E-state index contributed by atoms with van der Waals surface area (Å²) < 4.78 is 24.9. The molecule has 0 bridgehead atoms. The van der Waals surface area contributed by atoms with E-state index in [0.717, 1.165) is 11.5 Å². The molecule has 0 saturated heterocycles. The van der Waals surface area contributed by atoms with Gasteiger partial charge in [-0.2, -0.15) is 9.36 Å². The molecule has 0 atom stereocenters. The van der Waals surface area contributed by atoms with Crippen LogP contribution in [-0.4, -0.2) is 47.0 Å². The molecule has 0 amide bonds. The topological polar surface area (TPSA) is 132 Å². The normalized spacial score (nSPS) is 12.2. The number of nitrogens with one attached hydrogen (secondary N) is 1. The van der Waals surface area contributed by atoms with Gasteiger partial charge in [-0.1, -0.05) is 5.16 Å². The summed E-state index contributed by atoms with van der Waals surface area (Å²) >= 11 is 0.782. The molecule has 1 rings (SSSR count). The van der Waals surface area contributed by atoms with Gasteiger partial charge in [0.05, 0.1) is 0 Å². The van der Waals surface area contributed by atoms with Gasteiger partial charge >= 0.3 is 13.7 Å². The van der Waals surface area contributed by atoms with E-state index in [1.807, 2.05) is 0 Å². The predicted molar refractivity (Wildman–Crippen MR) is 71.0 cm³/mol. The second-order valence-electron chi connectivity index (χ2n) is 3.06. The van der Waals surface area contributed by atoms with E-state index in [0.29, 0.717) is 0 Å². The van der Waals surface area contributed by atoms with Gasteiger partial charge in [-0.15, -0.1) is 0 Å². The Labute approximate surface area is 118 Å². The minimum absolute atomic E-state index is 0.0671. The van der Waals surface area contributed by atoms with E-state index in [4.69, 9.17) is 5.11 Å². The van der Waals surface area contributed by atoms with Gasteiger partial charge in [0, 0.05) is 25.8 Å². The van der Waals surface area contributed by atoms with Crippen molar-refractivity contribution in [2.75, 3.05) is 25.9 Å². The third kappa shape index (κ3) is 4.23. The first kappa shape index (κ1) is 16.5. The summed E-state index contributed by atoms with van der Waals surface area (Å²) in [4.78, 5) is 19.5. The van der Waals surface area contributed by atoms with Crippen LogP contribution in [0.1, 0.15) is 12.7 Å². The average Bonchev–Trinajstić information content (AvgIpc) is 2.86. The van der Waals surface area contributed by atoms with Gasteiger partial charge in [0.15, 0.2) is 0 Å². The first-order valence-electron chi connectivity index (χ1n) is 5.23. The van der Waals surface area contributed by atoms with Gasteiger partial charge < -0.3 is 9.94 Å². The fourth-order valence-electron chi connectivity index (χ4n) is 0.953. The Balaban J connectivity index is 2.96. The molecule has 0 aliphatic heterocycles. The van der Waals surface area contributed by atoms with E-state index in [-0.39, 0.29) is 17.6 Å². The number of aliphatic carboxylic acids is 1. The van der Waals surface area contributed by atoms with Gasteiger partial charge in [0.2, 0.25) is 16.7 Å². The maximum atomic E-state index is 11.8. The van der Waals surface area contributed by atoms with E-state index in [2.05, 4.69) is 33.5 Å². The van der Waals surface area contributed by atoms with Crippen LogP contribution >= 0.6 is 19.3 Å². The third-order valence-corrected chi connectivity index (χ3v) is 4.07. The monoisotopic (exact) mass is 324 g/mol. The van der Waals surface area contributed by atoms with Crippen molar-refractivity contribution in [1.29, 1.82) is 0 Å². The molecular formula is C8H13N4O6PS. The van der Waals surface area contributed by atoms with Crippen molar-refractivity contribution >= 4 is 36.1 Å². The molecular weight excluding hydrogens is 311 g/mol. The minimum atomic E-state index is -3.53. The zero-order chi connectivity index (χ0) is 15.2. The molecule has 0 saturated carbocycles. The highest BCUT2D eigenvalue weighted by molar-refractivity contribution is 7.55. The predicted octanol–water partition coefficient (Wildman–Crippen LogP) is 1.18. The number of anilines is 1. The molecule has 1 aromatic rings. The van der Waals surface area contributed by atoms with Crippen LogP contribution in [0.5, 0.6) is 0 Å². The first-order valence-corrected chi connectivity index (χ1v) is 7.54. The molecule has 12 heteroatoms. The molecule has 10 nitrogen and oxygen atoms in total. The Morgan fingerprint density at radius 1 is 1.50 bits per heavy atom. The quantitative estimate of drug-likeness (QED) is 0.411. The van der Waals surface area contributed by atoms with Crippen LogP contribution in [0.4, 0.5) is 5.13 Å². The number of aromatic nitrogens is 2. The minimum Gasteiger partial charge on any atom is -0.476 e. The van der Waals surface area contributed by atoms with Gasteiger partial charge in [-0.05, 0) is 6.92 Å². The van der Waals surface area contributed by atoms with E-state index in [9.17, 15) is 9.36 Å². The number of carboxylic acid groups (broad SMARTS) is 1. The molecule has 0 aliphatic rings. The Bertz CT molecular complexity index is 539. The number of hydrogen-bond acceptors (Lipinski definition) is 9. The van der Waals surface area contributed by atoms with E-state index >= 15 is 0 Å². The SMILES string of the molecule is CCON=C(C(=O)O)c1nsc(NP(=O)(OC)OC)n1. The summed E-state index contributed by atoms with van der Waals surface area (Å²) in [7, 11) is -1.14. The van der Waals surface area contributed by atoms with Crippen molar-refractivity contribution in [2.24, 2.45) is 5.16 Å². The second kappa shape index (κ2) is 7.29. The number of carbonyl (C=O) groups is 1. The number of oxime groups is 1. The maximum absolute atomic E-state index is 11.8. The summed E-state index contributed by atoms with van der Waals surface area (Å²) in [6.07, 6.45) is 0. The largest absolute Gasteiger partial charge is 0.476 e. The summed E-state index contributed by atoms with van der Waals surface area (Å²) in [5.74, 6) is -1.51. The number of carboxylic acids is 1. The molecule has 0 unspecified atom stereocenters. The van der Waals surface area contributed by atoms with Gasteiger partial charge in [0.25, 0.3) is 0 Å². The molecule has 0 aromatic carbocycles. The third-order valence-electron chi connectivity index (χ3n) is 1.84. The molecule has 0 radical (unpaired) electrons. The molecule has 0 fully saturated rings.